The molecule has 2 amide bonds. The van der Waals surface area contributed by atoms with Gasteiger partial charge in [-0.2, -0.15) is 0 Å². The Labute approximate surface area is 191 Å². The van der Waals surface area contributed by atoms with Crippen LogP contribution >= 0.6 is 0 Å². The van der Waals surface area contributed by atoms with Crippen molar-refractivity contribution < 1.29 is 18.8 Å². The van der Waals surface area contributed by atoms with Crippen LogP contribution in [0.3, 0.4) is 0 Å². The molecule has 0 unspecified atom stereocenters. The molecule has 2 aromatic rings. The molecule has 2 saturated heterocycles. The highest BCUT2D eigenvalue weighted by Crippen LogP contribution is 2.28. The van der Waals surface area contributed by atoms with E-state index in [1.165, 1.54) is 24.4 Å². The third-order valence-corrected chi connectivity index (χ3v) is 6.25. The number of ether oxygens (including phenoxy) is 1. The molecule has 0 radical (unpaired) electrons. The van der Waals surface area contributed by atoms with Gasteiger partial charge in [-0.25, -0.2) is 14.2 Å². The molecule has 0 spiro atoms. The number of aromatic nitrogens is 1. The number of nitro benzene ring substituents is 1. The molecule has 11 heteroatoms. The molecule has 1 N–H and O–H groups in total. The average Bonchev–Trinajstić information content (AvgIpc) is 2.78. The van der Waals surface area contributed by atoms with Crippen LogP contribution in [0.1, 0.15) is 12.8 Å². The lowest BCUT2D eigenvalue weighted by atomic mass is 9.99. The Kier molecular flexibility index (Phi) is 6.70. The SMILES string of the molecule is CN1CC(N2CCC(N(C)C(=O)Nc3cc(Oc4ccc([N+](=O)[O-])cc4F)ccn3)CC2)C1. The highest BCUT2D eigenvalue weighted by atomic mass is 19.1. The van der Waals surface area contributed by atoms with E-state index < -0.39 is 10.7 Å². The molecule has 1 aromatic heterocycles. The molecule has 3 heterocycles. The Morgan fingerprint density at radius 3 is 2.64 bits per heavy atom. The molecule has 176 valence electrons. The fourth-order valence-corrected chi connectivity index (χ4v) is 4.25. The first-order valence-corrected chi connectivity index (χ1v) is 10.8. The predicted octanol–water partition coefficient (Wildman–Crippen LogP) is 3.16. The van der Waals surface area contributed by atoms with E-state index in [9.17, 15) is 19.3 Å². The number of hydrogen-bond acceptors (Lipinski definition) is 7. The quantitative estimate of drug-likeness (QED) is 0.524. The normalized spacial score (nSPS) is 17.9. The van der Waals surface area contributed by atoms with Gasteiger partial charge in [0.15, 0.2) is 11.6 Å². The van der Waals surface area contributed by atoms with Gasteiger partial charge >= 0.3 is 6.03 Å². The van der Waals surface area contributed by atoms with E-state index in [0.717, 1.165) is 51.2 Å². The van der Waals surface area contributed by atoms with Crippen molar-refractivity contribution in [3.63, 3.8) is 0 Å². The number of pyridine rings is 1. The summed E-state index contributed by atoms with van der Waals surface area (Å²) in [5, 5.41) is 13.5. The molecular formula is C22H27FN6O4. The summed E-state index contributed by atoms with van der Waals surface area (Å²) in [6.07, 6.45) is 3.27. The Morgan fingerprint density at radius 2 is 2.00 bits per heavy atom. The van der Waals surface area contributed by atoms with Gasteiger partial charge in [0, 0.05) is 63.6 Å². The number of urea groups is 1. The summed E-state index contributed by atoms with van der Waals surface area (Å²) in [5.74, 6) is -0.507. The zero-order valence-corrected chi connectivity index (χ0v) is 18.6. The summed E-state index contributed by atoms with van der Waals surface area (Å²) in [6, 6.07) is 6.62. The number of non-ortho nitro benzene ring substituents is 1. The second kappa shape index (κ2) is 9.67. The van der Waals surface area contributed by atoms with Gasteiger partial charge in [0.1, 0.15) is 11.6 Å². The van der Waals surface area contributed by atoms with Crippen molar-refractivity contribution in [2.24, 2.45) is 0 Å². The monoisotopic (exact) mass is 458 g/mol. The van der Waals surface area contributed by atoms with Crippen LogP contribution in [0.15, 0.2) is 36.5 Å². The van der Waals surface area contributed by atoms with Crippen molar-refractivity contribution in [2.75, 3.05) is 45.6 Å². The molecular weight excluding hydrogens is 431 g/mol. The second-order valence-electron chi connectivity index (χ2n) is 8.53. The van der Waals surface area contributed by atoms with E-state index in [4.69, 9.17) is 4.74 Å². The third kappa shape index (κ3) is 5.37. The molecule has 2 aliphatic rings. The molecule has 2 aliphatic heterocycles. The molecule has 0 saturated carbocycles. The predicted molar refractivity (Wildman–Crippen MR) is 120 cm³/mol. The van der Waals surface area contributed by atoms with E-state index in [1.54, 1.807) is 11.9 Å². The van der Waals surface area contributed by atoms with Gasteiger partial charge in [-0.05, 0) is 32.0 Å². The van der Waals surface area contributed by atoms with Crippen molar-refractivity contribution in [3.05, 3.63) is 52.5 Å². The maximum absolute atomic E-state index is 14.1. The maximum atomic E-state index is 14.1. The number of carbonyl (C=O) groups excluding carboxylic acids is 1. The number of halogens is 1. The summed E-state index contributed by atoms with van der Waals surface area (Å²) in [7, 11) is 3.90. The minimum atomic E-state index is -0.855. The standard InChI is InChI=1S/C22H27FN6O4/c1-26-13-17(14-26)28-9-6-15(7-10-28)27(2)22(30)25-21-12-18(5-8-24-21)33-20-4-3-16(29(31)32)11-19(20)23/h3-5,8,11-12,15,17H,6-7,9-10,13-14H2,1-2H3,(H,24,25,30). The topological polar surface area (TPSA) is 104 Å². The number of likely N-dealkylation sites (tertiary alicyclic amines) is 2. The minimum absolute atomic E-state index is 0.146. The number of likely N-dealkylation sites (N-methyl/N-ethyl adjacent to an activating group) is 1. The molecule has 10 nitrogen and oxygen atoms in total. The van der Waals surface area contributed by atoms with Crippen molar-refractivity contribution in [2.45, 2.75) is 24.9 Å². The molecule has 33 heavy (non-hydrogen) atoms. The van der Waals surface area contributed by atoms with Crippen molar-refractivity contribution >= 4 is 17.5 Å². The first-order valence-electron chi connectivity index (χ1n) is 10.8. The van der Waals surface area contributed by atoms with Crippen molar-refractivity contribution in [1.29, 1.82) is 0 Å². The van der Waals surface area contributed by atoms with Crippen LogP contribution < -0.4 is 10.1 Å². The lowest BCUT2D eigenvalue weighted by Gasteiger charge is -2.47. The van der Waals surface area contributed by atoms with Crippen LogP contribution in [-0.2, 0) is 0 Å². The average molecular weight is 458 g/mol. The van der Waals surface area contributed by atoms with Crippen LogP contribution in [0.25, 0.3) is 0 Å². The number of hydrogen-bond donors (Lipinski definition) is 1. The summed E-state index contributed by atoms with van der Waals surface area (Å²) >= 11 is 0. The van der Waals surface area contributed by atoms with Crippen molar-refractivity contribution in [3.8, 4) is 11.5 Å². The van der Waals surface area contributed by atoms with Gasteiger partial charge in [-0.15, -0.1) is 0 Å². The summed E-state index contributed by atoms with van der Waals surface area (Å²) in [6.45, 7) is 4.16. The highest BCUT2D eigenvalue weighted by molar-refractivity contribution is 5.88. The summed E-state index contributed by atoms with van der Waals surface area (Å²) < 4.78 is 19.6. The Hall–Kier alpha value is -3.31. The van der Waals surface area contributed by atoms with Crippen LogP contribution in [0.5, 0.6) is 11.5 Å². The van der Waals surface area contributed by atoms with E-state index in [1.807, 2.05) is 0 Å². The van der Waals surface area contributed by atoms with Gasteiger partial charge < -0.3 is 14.5 Å². The summed E-state index contributed by atoms with van der Waals surface area (Å²) in [5.41, 5.74) is -0.364. The fourth-order valence-electron chi connectivity index (χ4n) is 4.25. The lowest BCUT2D eigenvalue weighted by Crippen LogP contribution is -2.60. The molecule has 1 aromatic carbocycles. The van der Waals surface area contributed by atoms with E-state index in [2.05, 4.69) is 27.1 Å². The fraction of sp³-hybridized carbons (Fsp3) is 0.455. The number of nitro groups is 1. The zero-order valence-electron chi connectivity index (χ0n) is 18.6. The number of nitrogens with one attached hydrogen (secondary N) is 1. The smallest absolute Gasteiger partial charge is 0.323 e. The Bertz CT molecular complexity index is 1020. The number of piperidine rings is 1. The van der Waals surface area contributed by atoms with Crippen molar-refractivity contribution in [1.82, 2.24) is 19.7 Å². The maximum Gasteiger partial charge on any atom is 0.323 e. The van der Waals surface area contributed by atoms with Gasteiger partial charge in [0.05, 0.1) is 11.0 Å². The number of rotatable bonds is 6. The first-order chi connectivity index (χ1) is 15.8. The van der Waals surface area contributed by atoms with E-state index in [-0.39, 0.29) is 35.1 Å². The number of anilines is 1. The minimum Gasteiger partial charge on any atom is -0.454 e. The van der Waals surface area contributed by atoms with Gasteiger partial charge in [-0.3, -0.25) is 20.3 Å². The van der Waals surface area contributed by atoms with Crippen LogP contribution in [0.2, 0.25) is 0 Å². The van der Waals surface area contributed by atoms with Gasteiger partial charge in [-0.1, -0.05) is 0 Å². The Balaban J connectivity index is 1.32. The largest absolute Gasteiger partial charge is 0.454 e. The number of nitrogens with zero attached hydrogens (tertiary/aromatic N) is 5. The van der Waals surface area contributed by atoms with E-state index in [0.29, 0.717) is 6.04 Å². The molecule has 0 bridgehead atoms. The molecule has 0 aliphatic carbocycles. The zero-order chi connectivity index (χ0) is 23.5. The lowest BCUT2D eigenvalue weighted by molar-refractivity contribution is -0.385. The van der Waals surface area contributed by atoms with Gasteiger partial charge in [0.25, 0.3) is 5.69 Å². The van der Waals surface area contributed by atoms with E-state index >= 15 is 0 Å². The summed E-state index contributed by atoms with van der Waals surface area (Å²) in [4.78, 5) is 33.5. The third-order valence-electron chi connectivity index (χ3n) is 6.25. The van der Waals surface area contributed by atoms with Gasteiger partial charge in [0.2, 0.25) is 0 Å². The second-order valence-corrected chi connectivity index (χ2v) is 8.53. The Morgan fingerprint density at radius 1 is 1.27 bits per heavy atom. The first kappa shape index (κ1) is 22.9. The highest BCUT2D eigenvalue weighted by Gasteiger charge is 2.33. The molecule has 0 atom stereocenters. The van der Waals surface area contributed by atoms with Crippen LogP contribution in [-0.4, -0.2) is 83.0 Å². The number of carbonyl (C=O) groups is 1. The molecule has 2 fully saturated rings. The number of benzene rings is 1. The van der Waals surface area contributed by atoms with Crippen LogP contribution in [0, 0.1) is 15.9 Å². The van der Waals surface area contributed by atoms with Crippen LogP contribution in [0.4, 0.5) is 20.7 Å². The molecule has 4 rings (SSSR count). The number of amides is 2.